The molecule has 2 amide bonds. The summed E-state index contributed by atoms with van der Waals surface area (Å²) in [6.45, 7) is 2.96. The number of benzene rings is 1. The summed E-state index contributed by atoms with van der Waals surface area (Å²) in [6.07, 6.45) is 5.81. The summed E-state index contributed by atoms with van der Waals surface area (Å²) in [5.74, 6) is 0.381. The number of carbonyl (C=O) groups is 2. The number of nitrogens with zero attached hydrogens (tertiary/aromatic N) is 3. The molecule has 0 radical (unpaired) electrons. The Morgan fingerprint density at radius 1 is 1.25 bits per heavy atom. The summed E-state index contributed by atoms with van der Waals surface area (Å²) in [4.78, 5) is 33.7. The second kappa shape index (κ2) is 7.62. The van der Waals surface area contributed by atoms with Crippen molar-refractivity contribution in [1.29, 1.82) is 0 Å². The summed E-state index contributed by atoms with van der Waals surface area (Å²) in [5, 5.41) is 0. The van der Waals surface area contributed by atoms with Crippen molar-refractivity contribution in [2.24, 2.45) is 5.92 Å². The smallest absolute Gasteiger partial charge is 0.228 e. The molecule has 28 heavy (non-hydrogen) atoms. The second-order valence-electron chi connectivity index (χ2n) is 7.63. The molecule has 1 unspecified atom stereocenters. The first-order valence-electron chi connectivity index (χ1n) is 9.71. The molecule has 1 saturated heterocycles. The molecule has 2 aromatic rings. The van der Waals surface area contributed by atoms with Crippen LogP contribution in [0.25, 0.3) is 0 Å². The minimum Gasteiger partial charge on any atom is -0.495 e. The third-order valence-electron chi connectivity index (χ3n) is 5.47. The van der Waals surface area contributed by atoms with Crippen molar-refractivity contribution >= 4 is 17.5 Å². The Kier molecular flexibility index (Phi) is 5.03. The number of hydrogen-bond acceptors (Lipinski definition) is 4. The lowest BCUT2D eigenvalue weighted by atomic mass is 10.1. The molecule has 4 rings (SSSR count). The molecule has 2 heterocycles. The first kappa shape index (κ1) is 18.5. The van der Waals surface area contributed by atoms with Crippen LogP contribution >= 0.6 is 0 Å². The predicted octanol–water partition coefficient (Wildman–Crippen LogP) is 2.94. The van der Waals surface area contributed by atoms with Crippen LogP contribution in [0, 0.1) is 12.8 Å². The first-order valence-corrected chi connectivity index (χ1v) is 9.71. The van der Waals surface area contributed by atoms with E-state index in [1.54, 1.807) is 24.4 Å². The molecule has 1 aromatic heterocycles. The molecule has 1 aromatic carbocycles. The van der Waals surface area contributed by atoms with Crippen LogP contribution in [0.2, 0.25) is 0 Å². The Hall–Kier alpha value is -2.89. The van der Waals surface area contributed by atoms with Gasteiger partial charge in [-0.3, -0.25) is 14.6 Å². The van der Waals surface area contributed by atoms with Crippen molar-refractivity contribution in [2.45, 2.75) is 38.8 Å². The van der Waals surface area contributed by atoms with Crippen molar-refractivity contribution in [3.63, 3.8) is 0 Å². The molecule has 2 aliphatic rings. The van der Waals surface area contributed by atoms with Crippen molar-refractivity contribution in [1.82, 2.24) is 9.88 Å². The Morgan fingerprint density at radius 2 is 2.00 bits per heavy atom. The molecule has 6 nitrogen and oxygen atoms in total. The highest BCUT2D eigenvalue weighted by Crippen LogP contribution is 2.36. The van der Waals surface area contributed by atoms with Crippen LogP contribution in [0.3, 0.4) is 0 Å². The number of ether oxygens (including phenoxy) is 1. The van der Waals surface area contributed by atoms with E-state index in [0.717, 1.165) is 29.7 Å². The highest BCUT2D eigenvalue weighted by molar-refractivity contribution is 6.01. The predicted molar refractivity (Wildman–Crippen MR) is 106 cm³/mol. The van der Waals surface area contributed by atoms with Gasteiger partial charge in [0.05, 0.1) is 18.7 Å². The molecular formula is C22H25N3O3. The molecule has 1 saturated carbocycles. The number of rotatable bonds is 6. The van der Waals surface area contributed by atoms with Crippen molar-refractivity contribution < 1.29 is 14.3 Å². The summed E-state index contributed by atoms with van der Waals surface area (Å²) < 4.78 is 5.44. The molecule has 1 aliphatic heterocycles. The van der Waals surface area contributed by atoms with E-state index in [0.29, 0.717) is 24.9 Å². The molecule has 0 bridgehead atoms. The van der Waals surface area contributed by atoms with E-state index in [9.17, 15) is 9.59 Å². The molecular weight excluding hydrogens is 354 g/mol. The standard InChI is InChI=1S/C22H25N3O3/c1-15-3-6-20(28-2)19(11-15)25-14-17(12-21(25)26)22(27)24(18-4-5-18)13-16-7-9-23-10-8-16/h3,6-11,17-18H,4-5,12-14H2,1-2H3. The topological polar surface area (TPSA) is 62.7 Å². The summed E-state index contributed by atoms with van der Waals surface area (Å²) >= 11 is 0. The molecule has 0 spiro atoms. The lowest BCUT2D eigenvalue weighted by Gasteiger charge is -2.26. The van der Waals surface area contributed by atoms with Crippen LogP contribution < -0.4 is 9.64 Å². The number of carbonyl (C=O) groups excluding carboxylic acids is 2. The average Bonchev–Trinajstić information content (AvgIpc) is 3.47. The maximum atomic E-state index is 13.3. The zero-order valence-electron chi connectivity index (χ0n) is 16.3. The summed E-state index contributed by atoms with van der Waals surface area (Å²) in [5.41, 5.74) is 2.86. The maximum absolute atomic E-state index is 13.3. The van der Waals surface area contributed by atoms with Gasteiger partial charge < -0.3 is 14.5 Å². The lowest BCUT2D eigenvalue weighted by Crippen LogP contribution is -2.38. The van der Waals surface area contributed by atoms with Crippen LogP contribution in [0.4, 0.5) is 5.69 Å². The van der Waals surface area contributed by atoms with Gasteiger partial charge in [-0.2, -0.15) is 0 Å². The second-order valence-corrected chi connectivity index (χ2v) is 7.63. The number of pyridine rings is 1. The highest BCUT2D eigenvalue weighted by atomic mass is 16.5. The normalized spacial score (nSPS) is 19.0. The minimum absolute atomic E-state index is 0.0260. The minimum atomic E-state index is -0.319. The van der Waals surface area contributed by atoms with Crippen molar-refractivity contribution in [3.05, 3.63) is 53.9 Å². The van der Waals surface area contributed by atoms with E-state index in [-0.39, 0.29) is 24.2 Å². The van der Waals surface area contributed by atoms with Gasteiger partial charge in [0.15, 0.2) is 0 Å². The van der Waals surface area contributed by atoms with E-state index in [1.807, 2.05) is 42.2 Å². The Labute approximate surface area is 165 Å². The van der Waals surface area contributed by atoms with Crippen LogP contribution in [-0.2, 0) is 16.1 Å². The number of aromatic nitrogens is 1. The SMILES string of the molecule is COc1ccc(C)cc1N1CC(C(=O)N(Cc2ccncc2)C2CC2)CC1=O. The third kappa shape index (κ3) is 3.72. The number of methoxy groups -OCH3 is 1. The number of aryl methyl sites for hydroxylation is 1. The molecule has 1 atom stereocenters. The molecule has 146 valence electrons. The number of amides is 2. The van der Waals surface area contributed by atoms with Crippen molar-refractivity contribution in [2.75, 3.05) is 18.6 Å². The van der Waals surface area contributed by atoms with Gasteiger partial charge >= 0.3 is 0 Å². The van der Waals surface area contributed by atoms with E-state index >= 15 is 0 Å². The van der Waals surface area contributed by atoms with Gasteiger partial charge in [-0.15, -0.1) is 0 Å². The van der Waals surface area contributed by atoms with Crippen LogP contribution in [-0.4, -0.2) is 41.4 Å². The third-order valence-corrected chi connectivity index (χ3v) is 5.47. The lowest BCUT2D eigenvalue weighted by molar-refractivity contribution is -0.137. The van der Waals surface area contributed by atoms with Gasteiger partial charge in [-0.25, -0.2) is 0 Å². The number of anilines is 1. The largest absolute Gasteiger partial charge is 0.495 e. The first-order chi connectivity index (χ1) is 13.6. The van der Waals surface area contributed by atoms with Gasteiger partial charge in [-0.1, -0.05) is 6.07 Å². The quantitative estimate of drug-likeness (QED) is 0.774. The molecule has 0 N–H and O–H groups in total. The highest BCUT2D eigenvalue weighted by Gasteiger charge is 2.41. The summed E-state index contributed by atoms with van der Waals surface area (Å²) in [7, 11) is 1.60. The van der Waals surface area contributed by atoms with Gasteiger partial charge in [0.25, 0.3) is 0 Å². The fraction of sp³-hybridized carbons (Fsp3) is 0.409. The molecule has 1 aliphatic carbocycles. The van der Waals surface area contributed by atoms with E-state index in [4.69, 9.17) is 4.74 Å². The summed E-state index contributed by atoms with van der Waals surface area (Å²) in [6, 6.07) is 9.93. The fourth-order valence-electron chi connectivity index (χ4n) is 3.81. The Morgan fingerprint density at radius 3 is 2.68 bits per heavy atom. The molecule has 2 fully saturated rings. The van der Waals surface area contributed by atoms with Crippen molar-refractivity contribution in [3.8, 4) is 5.75 Å². The van der Waals surface area contributed by atoms with E-state index in [1.165, 1.54) is 0 Å². The zero-order valence-corrected chi connectivity index (χ0v) is 16.3. The Bertz CT molecular complexity index is 880. The molecule has 6 heteroatoms. The number of hydrogen-bond donors (Lipinski definition) is 0. The Balaban J connectivity index is 1.53. The average molecular weight is 379 g/mol. The van der Waals surface area contributed by atoms with Gasteiger partial charge in [0, 0.05) is 37.9 Å². The van der Waals surface area contributed by atoms with Gasteiger partial charge in [-0.05, 0) is 55.2 Å². The van der Waals surface area contributed by atoms with Crippen LogP contribution in [0.1, 0.15) is 30.4 Å². The van der Waals surface area contributed by atoms with Gasteiger partial charge in [0.1, 0.15) is 5.75 Å². The van der Waals surface area contributed by atoms with Gasteiger partial charge in [0.2, 0.25) is 11.8 Å². The van der Waals surface area contributed by atoms with Crippen LogP contribution in [0.15, 0.2) is 42.7 Å². The van der Waals surface area contributed by atoms with E-state index < -0.39 is 0 Å². The van der Waals surface area contributed by atoms with E-state index in [2.05, 4.69) is 4.98 Å². The fourth-order valence-corrected chi connectivity index (χ4v) is 3.81. The zero-order chi connectivity index (χ0) is 19.7. The maximum Gasteiger partial charge on any atom is 0.228 e. The van der Waals surface area contributed by atoms with Crippen LogP contribution in [0.5, 0.6) is 5.75 Å². The monoisotopic (exact) mass is 379 g/mol.